The number of nitrogens with one attached hydrogen (secondary N) is 2. The van der Waals surface area contributed by atoms with Crippen LogP contribution in [0, 0.1) is 11.6 Å². The Bertz CT molecular complexity index is 523. The van der Waals surface area contributed by atoms with E-state index in [0.717, 1.165) is 31.2 Å². The molecule has 0 spiro atoms. The van der Waals surface area contributed by atoms with Gasteiger partial charge in [-0.1, -0.05) is 6.92 Å². The normalized spacial score (nSPS) is 10.8. The van der Waals surface area contributed by atoms with Crippen molar-refractivity contribution in [2.75, 3.05) is 6.54 Å². The number of benzene rings is 1. The van der Waals surface area contributed by atoms with Crippen LogP contribution in [0.4, 0.5) is 8.78 Å². The average molecular weight is 251 g/mol. The van der Waals surface area contributed by atoms with Gasteiger partial charge in [-0.15, -0.1) is 0 Å². The minimum Gasteiger partial charge on any atom is -0.341 e. The van der Waals surface area contributed by atoms with Gasteiger partial charge < -0.3 is 10.3 Å². The number of halogens is 2. The molecule has 2 rings (SSSR count). The van der Waals surface area contributed by atoms with Crippen molar-refractivity contribution in [3.63, 3.8) is 0 Å². The summed E-state index contributed by atoms with van der Waals surface area (Å²) in [4.78, 5) is 7.10. The standard InChI is InChI=1S/C13H15F2N3/c1-2-5-16-8-13-17-7-12(18-13)10-6-9(14)3-4-11(10)15/h3-4,6-7,16H,2,5,8H2,1H3,(H,17,18). The van der Waals surface area contributed by atoms with Crippen molar-refractivity contribution in [2.24, 2.45) is 0 Å². The van der Waals surface area contributed by atoms with Crippen LogP contribution >= 0.6 is 0 Å². The molecule has 1 heterocycles. The minimum atomic E-state index is -0.466. The van der Waals surface area contributed by atoms with Crippen LogP contribution in [0.1, 0.15) is 19.2 Å². The highest BCUT2D eigenvalue weighted by atomic mass is 19.1. The molecule has 0 aliphatic heterocycles. The Labute approximate surface area is 104 Å². The molecule has 1 aromatic heterocycles. The first-order valence-corrected chi connectivity index (χ1v) is 5.90. The summed E-state index contributed by atoms with van der Waals surface area (Å²) in [6, 6.07) is 3.37. The van der Waals surface area contributed by atoms with E-state index in [1.807, 2.05) is 0 Å². The van der Waals surface area contributed by atoms with Crippen LogP contribution in [-0.2, 0) is 6.54 Å². The minimum absolute atomic E-state index is 0.198. The van der Waals surface area contributed by atoms with Gasteiger partial charge in [-0.2, -0.15) is 0 Å². The third-order valence-electron chi connectivity index (χ3n) is 2.57. The number of imidazole rings is 1. The van der Waals surface area contributed by atoms with E-state index < -0.39 is 11.6 Å². The Morgan fingerprint density at radius 3 is 2.94 bits per heavy atom. The second-order valence-electron chi connectivity index (χ2n) is 4.04. The smallest absolute Gasteiger partial charge is 0.132 e. The van der Waals surface area contributed by atoms with Crippen molar-refractivity contribution in [3.8, 4) is 11.3 Å². The molecule has 0 fully saturated rings. The fourth-order valence-electron chi connectivity index (χ4n) is 1.68. The Morgan fingerprint density at radius 1 is 1.33 bits per heavy atom. The van der Waals surface area contributed by atoms with Crippen LogP contribution in [0.3, 0.4) is 0 Å². The van der Waals surface area contributed by atoms with Crippen molar-refractivity contribution in [2.45, 2.75) is 19.9 Å². The topological polar surface area (TPSA) is 40.7 Å². The van der Waals surface area contributed by atoms with E-state index in [-0.39, 0.29) is 5.56 Å². The summed E-state index contributed by atoms with van der Waals surface area (Å²) < 4.78 is 26.6. The van der Waals surface area contributed by atoms with Crippen LogP contribution < -0.4 is 5.32 Å². The largest absolute Gasteiger partial charge is 0.341 e. The monoisotopic (exact) mass is 251 g/mol. The van der Waals surface area contributed by atoms with Gasteiger partial charge in [-0.05, 0) is 31.2 Å². The van der Waals surface area contributed by atoms with Crippen molar-refractivity contribution in [3.05, 3.63) is 41.9 Å². The van der Waals surface area contributed by atoms with E-state index in [0.29, 0.717) is 18.1 Å². The molecule has 0 saturated carbocycles. The van der Waals surface area contributed by atoms with Gasteiger partial charge in [-0.3, -0.25) is 0 Å². The lowest BCUT2D eigenvalue weighted by atomic mass is 10.1. The molecule has 3 nitrogen and oxygen atoms in total. The first-order valence-electron chi connectivity index (χ1n) is 5.90. The summed E-state index contributed by atoms with van der Waals surface area (Å²) in [6.07, 6.45) is 2.55. The van der Waals surface area contributed by atoms with Crippen LogP contribution in [0.15, 0.2) is 24.4 Å². The highest BCUT2D eigenvalue weighted by Gasteiger charge is 2.09. The molecule has 0 bridgehead atoms. The molecule has 2 aromatic rings. The molecule has 0 aliphatic rings. The lowest BCUT2D eigenvalue weighted by Gasteiger charge is -2.01. The molecule has 0 amide bonds. The molecule has 0 atom stereocenters. The van der Waals surface area contributed by atoms with E-state index in [9.17, 15) is 8.78 Å². The van der Waals surface area contributed by atoms with Gasteiger partial charge in [-0.25, -0.2) is 13.8 Å². The molecular formula is C13H15F2N3. The highest BCUT2D eigenvalue weighted by molar-refractivity contribution is 5.59. The molecule has 0 unspecified atom stereocenters. The van der Waals surface area contributed by atoms with E-state index in [2.05, 4.69) is 22.2 Å². The van der Waals surface area contributed by atoms with Crippen LogP contribution in [-0.4, -0.2) is 16.5 Å². The number of aromatic amines is 1. The van der Waals surface area contributed by atoms with Gasteiger partial charge in [0.1, 0.15) is 17.5 Å². The molecule has 0 radical (unpaired) electrons. The Kier molecular flexibility index (Phi) is 4.04. The average Bonchev–Trinajstić information content (AvgIpc) is 2.81. The maximum Gasteiger partial charge on any atom is 0.132 e. The number of rotatable bonds is 5. The maximum atomic E-state index is 13.5. The Morgan fingerprint density at radius 2 is 2.17 bits per heavy atom. The number of aromatic nitrogens is 2. The molecule has 96 valence electrons. The maximum absolute atomic E-state index is 13.5. The lowest BCUT2D eigenvalue weighted by molar-refractivity contribution is 0.602. The zero-order valence-electron chi connectivity index (χ0n) is 10.1. The van der Waals surface area contributed by atoms with Gasteiger partial charge in [0, 0.05) is 5.56 Å². The summed E-state index contributed by atoms with van der Waals surface area (Å²) in [7, 11) is 0. The van der Waals surface area contributed by atoms with E-state index in [1.165, 1.54) is 6.20 Å². The van der Waals surface area contributed by atoms with Gasteiger partial charge in [0.25, 0.3) is 0 Å². The first kappa shape index (κ1) is 12.7. The van der Waals surface area contributed by atoms with E-state index in [4.69, 9.17) is 0 Å². The zero-order chi connectivity index (χ0) is 13.0. The predicted molar refractivity (Wildman–Crippen MR) is 65.9 cm³/mol. The summed E-state index contributed by atoms with van der Waals surface area (Å²) in [6.45, 7) is 3.55. The zero-order valence-corrected chi connectivity index (χ0v) is 10.1. The second kappa shape index (κ2) is 5.73. The van der Waals surface area contributed by atoms with E-state index >= 15 is 0 Å². The van der Waals surface area contributed by atoms with Gasteiger partial charge >= 0.3 is 0 Å². The fourth-order valence-corrected chi connectivity index (χ4v) is 1.68. The highest BCUT2D eigenvalue weighted by Crippen LogP contribution is 2.21. The summed E-state index contributed by atoms with van der Waals surface area (Å²) in [5, 5.41) is 3.18. The number of hydrogen-bond acceptors (Lipinski definition) is 2. The second-order valence-corrected chi connectivity index (χ2v) is 4.04. The third-order valence-corrected chi connectivity index (χ3v) is 2.57. The molecule has 18 heavy (non-hydrogen) atoms. The van der Waals surface area contributed by atoms with Gasteiger partial charge in [0.05, 0.1) is 18.4 Å². The van der Waals surface area contributed by atoms with E-state index in [1.54, 1.807) is 0 Å². The van der Waals surface area contributed by atoms with Crippen LogP contribution in [0.2, 0.25) is 0 Å². The summed E-state index contributed by atoms with van der Waals surface area (Å²) in [5.74, 6) is -0.220. The van der Waals surface area contributed by atoms with Crippen molar-refractivity contribution >= 4 is 0 Å². The molecule has 0 aliphatic carbocycles. The Balaban J connectivity index is 2.16. The lowest BCUT2D eigenvalue weighted by Crippen LogP contribution is -2.14. The molecule has 2 N–H and O–H groups in total. The Hall–Kier alpha value is -1.75. The molecule has 1 aromatic carbocycles. The number of nitrogens with zero attached hydrogens (tertiary/aromatic N) is 1. The predicted octanol–water partition coefficient (Wildman–Crippen LogP) is 2.85. The third kappa shape index (κ3) is 2.92. The SMILES string of the molecule is CCCNCc1ncc(-c2cc(F)ccc2F)[nH]1. The molecule has 0 saturated heterocycles. The first-order chi connectivity index (χ1) is 8.70. The van der Waals surface area contributed by atoms with Crippen molar-refractivity contribution in [1.29, 1.82) is 0 Å². The number of H-pyrrole nitrogens is 1. The van der Waals surface area contributed by atoms with Gasteiger partial charge in [0.15, 0.2) is 0 Å². The fraction of sp³-hybridized carbons (Fsp3) is 0.308. The number of hydrogen-bond donors (Lipinski definition) is 2. The van der Waals surface area contributed by atoms with Crippen molar-refractivity contribution in [1.82, 2.24) is 15.3 Å². The quantitative estimate of drug-likeness (QED) is 0.802. The summed E-state index contributed by atoms with van der Waals surface area (Å²) >= 11 is 0. The van der Waals surface area contributed by atoms with Gasteiger partial charge in [0.2, 0.25) is 0 Å². The molecular weight excluding hydrogens is 236 g/mol. The summed E-state index contributed by atoms with van der Waals surface area (Å²) in [5.41, 5.74) is 0.685. The van der Waals surface area contributed by atoms with Crippen molar-refractivity contribution < 1.29 is 8.78 Å². The molecule has 5 heteroatoms. The van der Waals surface area contributed by atoms with Crippen LogP contribution in [0.5, 0.6) is 0 Å². The van der Waals surface area contributed by atoms with Crippen LogP contribution in [0.25, 0.3) is 11.3 Å².